The van der Waals surface area contributed by atoms with Gasteiger partial charge in [-0.2, -0.15) is 5.10 Å². The van der Waals surface area contributed by atoms with Gasteiger partial charge in [0.05, 0.1) is 35.9 Å². The summed E-state index contributed by atoms with van der Waals surface area (Å²) in [5, 5.41) is 7.29. The Bertz CT molecular complexity index is 1200. The van der Waals surface area contributed by atoms with E-state index in [0.717, 1.165) is 17.0 Å². The molecule has 1 N–H and O–H groups in total. The van der Waals surface area contributed by atoms with E-state index >= 15 is 0 Å². The lowest BCUT2D eigenvalue weighted by Gasteiger charge is -2.18. The molecule has 0 saturated heterocycles. The molecule has 0 amide bonds. The van der Waals surface area contributed by atoms with Gasteiger partial charge in [0.25, 0.3) is 0 Å². The van der Waals surface area contributed by atoms with Crippen LogP contribution in [0, 0.1) is 0 Å². The van der Waals surface area contributed by atoms with Gasteiger partial charge in [-0.25, -0.2) is 22.3 Å². The van der Waals surface area contributed by atoms with Crippen LogP contribution in [0.5, 0.6) is 0 Å². The minimum Gasteiger partial charge on any atom is -0.465 e. The van der Waals surface area contributed by atoms with Crippen LogP contribution in [0.4, 0.5) is 0 Å². The molecular weight excluding hydrogens is 446 g/mol. The van der Waals surface area contributed by atoms with Crippen molar-refractivity contribution < 1.29 is 27.5 Å². The number of rotatable bonds is 9. The number of benzene rings is 2. The molecule has 0 fully saturated rings. The first-order valence-corrected chi connectivity index (χ1v) is 11.6. The van der Waals surface area contributed by atoms with Crippen molar-refractivity contribution >= 4 is 22.0 Å². The number of hydrogen-bond donors (Lipinski definition) is 1. The quantitative estimate of drug-likeness (QED) is 0.477. The summed E-state index contributed by atoms with van der Waals surface area (Å²) in [7, 11) is -0.177. The Balaban J connectivity index is 1.72. The maximum absolute atomic E-state index is 13.1. The number of nitrogens with one attached hydrogen (secondary N) is 1. The van der Waals surface area contributed by atoms with Crippen molar-refractivity contribution in [2.24, 2.45) is 0 Å². The highest BCUT2D eigenvalue weighted by atomic mass is 32.2. The fourth-order valence-electron chi connectivity index (χ4n) is 3.26. The predicted octanol–water partition coefficient (Wildman–Crippen LogP) is 2.90. The van der Waals surface area contributed by atoms with Crippen LogP contribution in [0.1, 0.15) is 32.8 Å². The van der Waals surface area contributed by atoms with Gasteiger partial charge >= 0.3 is 11.9 Å². The zero-order valence-electron chi connectivity index (χ0n) is 18.6. The average Bonchev–Trinajstić information content (AvgIpc) is 3.32. The van der Waals surface area contributed by atoms with Gasteiger partial charge in [0, 0.05) is 24.8 Å². The molecule has 0 bridgehead atoms. The molecule has 9 nitrogen and oxygen atoms in total. The summed E-state index contributed by atoms with van der Waals surface area (Å²) in [5.41, 5.74) is 2.59. The maximum Gasteiger partial charge on any atom is 0.337 e. The first kappa shape index (κ1) is 24.1. The van der Waals surface area contributed by atoms with Crippen molar-refractivity contribution in [2.45, 2.75) is 17.7 Å². The van der Waals surface area contributed by atoms with Gasteiger partial charge in [-0.15, -0.1) is 0 Å². The fraction of sp³-hybridized carbons (Fsp3) is 0.261. The number of nitrogens with zero attached hydrogens (tertiary/aromatic N) is 2. The monoisotopic (exact) mass is 471 g/mol. The van der Waals surface area contributed by atoms with Crippen molar-refractivity contribution in [1.29, 1.82) is 0 Å². The lowest BCUT2D eigenvalue weighted by atomic mass is 10.1. The number of aromatic amines is 1. The Labute approximate surface area is 192 Å². The number of sulfonamides is 1. The Morgan fingerprint density at radius 3 is 2.15 bits per heavy atom. The number of esters is 2. The number of hydrogen-bond acceptors (Lipinski definition) is 7. The van der Waals surface area contributed by atoms with Gasteiger partial charge in [0.1, 0.15) is 0 Å². The van der Waals surface area contributed by atoms with Crippen LogP contribution < -0.4 is 0 Å². The number of methoxy groups -OCH3 is 2. The second kappa shape index (κ2) is 10.4. The third-order valence-electron chi connectivity index (χ3n) is 5.08. The SMILES string of the molecule is COC(=O)c1cc(C(=O)OC)cc(S(=O)(=O)N(C)CCCc2cc(-c3ccccc3)n[nH]2)c1. The molecule has 0 unspecified atom stereocenters. The molecule has 0 radical (unpaired) electrons. The molecule has 174 valence electrons. The van der Waals surface area contributed by atoms with Crippen molar-refractivity contribution in [3.63, 3.8) is 0 Å². The van der Waals surface area contributed by atoms with Crippen LogP contribution >= 0.6 is 0 Å². The molecule has 0 aliphatic carbocycles. The Morgan fingerprint density at radius 2 is 1.58 bits per heavy atom. The molecule has 1 aromatic heterocycles. The summed E-state index contributed by atoms with van der Waals surface area (Å²) < 4.78 is 36.7. The highest BCUT2D eigenvalue weighted by Crippen LogP contribution is 2.21. The number of carbonyl (C=O) groups is 2. The summed E-state index contributed by atoms with van der Waals surface area (Å²) in [6.07, 6.45) is 1.13. The molecule has 1 heterocycles. The number of aryl methyl sites for hydroxylation is 1. The number of H-pyrrole nitrogens is 1. The first-order chi connectivity index (χ1) is 15.8. The van der Waals surface area contributed by atoms with E-state index in [1.807, 2.05) is 36.4 Å². The summed E-state index contributed by atoms with van der Waals surface area (Å²) in [4.78, 5) is 23.7. The molecule has 0 aliphatic rings. The van der Waals surface area contributed by atoms with Gasteiger partial charge in [0.15, 0.2) is 0 Å². The normalized spacial score (nSPS) is 11.4. The lowest BCUT2D eigenvalue weighted by Crippen LogP contribution is -2.28. The van der Waals surface area contributed by atoms with Crippen LogP contribution in [0.25, 0.3) is 11.3 Å². The maximum atomic E-state index is 13.1. The summed E-state index contributed by atoms with van der Waals surface area (Å²) in [5.74, 6) is -1.51. The second-order valence-corrected chi connectivity index (χ2v) is 9.35. The largest absolute Gasteiger partial charge is 0.465 e. The molecule has 0 spiro atoms. The number of ether oxygens (including phenoxy) is 2. The summed E-state index contributed by atoms with van der Waals surface area (Å²) in [6, 6.07) is 15.3. The Morgan fingerprint density at radius 1 is 0.970 bits per heavy atom. The zero-order valence-corrected chi connectivity index (χ0v) is 19.4. The molecule has 0 aliphatic heterocycles. The van der Waals surface area contributed by atoms with E-state index < -0.39 is 22.0 Å². The molecule has 0 atom stereocenters. The Kier molecular flexibility index (Phi) is 7.62. The Hall–Kier alpha value is -3.50. The smallest absolute Gasteiger partial charge is 0.337 e. The molecule has 2 aromatic carbocycles. The highest BCUT2D eigenvalue weighted by molar-refractivity contribution is 7.89. The van der Waals surface area contributed by atoms with Gasteiger partial charge < -0.3 is 9.47 Å². The third-order valence-corrected chi connectivity index (χ3v) is 6.91. The minimum absolute atomic E-state index is 0.0572. The zero-order chi connectivity index (χ0) is 24.0. The highest BCUT2D eigenvalue weighted by Gasteiger charge is 2.24. The average molecular weight is 472 g/mol. The van der Waals surface area contributed by atoms with Gasteiger partial charge in [-0.1, -0.05) is 30.3 Å². The van der Waals surface area contributed by atoms with Crippen LogP contribution in [0.2, 0.25) is 0 Å². The van der Waals surface area contributed by atoms with Crippen molar-refractivity contribution in [3.05, 3.63) is 71.4 Å². The van der Waals surface area contributed by atoms with Crippen molar-refractivity contribution in [1.82, 2.24) is 14.5 Å². The van der Waals surface area contributed by atoms with Crippen LogP contribution in [-0.4, -0.2) is 62.7 Å². The van der Waals surface area contributed by atoms with Crippen LogP contribution in [-0.2, 0) is 25.9 Å². The van der Waals surface area contributed by atoms with Gasteiger partial charge in [-0.05, 0) is 37.1 Å². The van der Waals surface area contributed by atoms with E-state index in [-0.39, 0.29) is 22.6 Å². The van der Waals surface area contributed by atoms with Crippen LogP contribution in [0.15, 0.2) is 59.5 Å². The third kappa shape index (κ3) is 5.65. The minimum atomic E-state index is -3.97. The molecule has 10 heteroatoms. The standard InChI is InChI=1S/C23H25N3O6S/c1-26(11-7-10-19-15-21(25-24-19)16-8-5-4-6-9-16)33(29,30)20-13-17(22(27)31-2)12-18(14-20)23(28)32-3/h4-6,8-9,12-15H,7,10-11H2,1-3H3,(H,24,25). The van der Waals surface area contributed by atoms with E-state index in [1.165, 1.54) is 43.8 Å². The summed E-state index contributed by atoms with van der Waals surface area (Å²) >= 11 is 0. The van der Waals surface area contributed by atoms with Gasteiger partial charge in [0.2, 0.25) is 10.0 Å². The second-order valence-electron chi connectivity index (χ2n) is 7.30. The van der Waals surface area contributed by atoms with E-state index in [4.69, 9.17) is 0 Å². The molecular formula is C23H25N3O6S. The molecule has 0 saturated carbocycles. The molecule has 3 rings (SSSR count). The van der Waals surface area contributed by atoms with Crippen molar-refractivity contribution in [3.8, 4) is 11.3 Å². The number of aromatic nitrogens is 2. The predicted molar refractivity (Wildman–Crippen MR) is 121 cm³/mol. The lowest BCUT2D eigenvalue weighted by molar-refractivity contribution is 0.0598. The van der Waals surface area contributed by atoms with Gasteiger partial charge in [-0.3, -0.25) is 5.10 Å². The van der Waals surface area contributed by atoms with E-state index in [2.05, 4.69) is 19.7 Å². The topological polar surface area (TPSA) is 119 Å². The van der Waals surface area contributed by atoms with Crippen molar-refractivity contribution in [2.75, 3.05) is 27.8 Å². The van der Waals surface area contributed by atoms with E-state index in [1.54, 1.807) is 0 Å². The number of carbonyl (C=O) groups excluding carboxylic acids is 2. The van der Waals surface area contributed by atoms with Crippen LogP contribution in [0.3, 0.4) is 0 Å². The first-order valence-electron chi connectivity index (χ1n) is 10.1. The summed E-state index contributed by atoms with van der Waals surface area (Å²) in [6.45, 7) is 0.220. The fourth-order valence-corrected chi connectivity index (χ4v) is 4.54. The van der Waals surface area contributed by atoms with E-state index in [9.17, 15) is 18.0 Å². The molecule has 33 heavy (non-hydrogen) atoms. The van der Waals surface area contributed by atoms with E-state index in [0.29, 0.717) is 12.8 Å². The molecule has 3 aromatic rings.